The van der Waals surface area contributed by atoms with Gasteiger partial charge < -0.3 is 9.42 Å². The molecule has 1 atom stereocenters. The third-order valence-electron chi connectivity index (χ3n) is 0.406. The van der Waals surface area contributed by atoms with Crippen LogP contribution in [0.25, 0.3) is 0 Å². The van der Waals surface area contributed by atoms with Gasteiger partial charge in [0.25, 0.3) is 0 Å². The minimum absolute atomic E-state index is 0. The van der Waals surface area contributed by atoms with Crippen LogP contribution in [-0.4, -0.2) is 17.7 Å². The van der Waals surface area contributed by atoms with Gasteiger partial charge in [-0.15, -0.1) is 0 Å². The molecule has 0 aromatic heterocycles. The molecule has 0 bridgehead atoms. The van der Waals surface area contributed by atoms with Crippen molar-refractivity contribution in [3.8, 4) is 0 Å². The van der Waals surface area contributed by atoms with Crippen LogP contribution in [0.3, 0.4) is 0 Å². The van der Waals surface area contributed by atoms with Gasteiger partial charge in [0.15, 0.2) is 0 Å². The monoisotopic (exact) mass is 304 g/mol. The number of hydrogen-bond acceptors (Lipinski definition) is 2. The van der Waals surface area contributed by atoms with Crippen molar-refractivity contribution < 1.29 is 51.3 Å². The van der Waals surface area contributed by atoms with Crippen molar-refractivity contribution in [2.75, 3.05) is 6.66 Å². The molecule has 5 heteroatoms. The molecule has 1 unspecified atom stereocenters. The molecule has 0 heterocycles. The molecule has 0 fully saturated rings. The van der Waals surface area contributed by atoms with Crippen molar-refractivity contribution in [1.82, 2.24) is 0 Å². The van der Waals surface area contributed by atoms with E-state index in [1.165, 1.54) is 6.66 Å². The zero-order chi connectivity index (χ0) is 6.78. The Morgan fingerprint density at radius 1 is 1.56 bits per heavy atom. The van der Waals surface area contributed by atoms with E-state index in [9.17, 15) is 4.57 Å². The van der Waals surface area contributed by atoms with E-state index in [1.54, 1.807) is 13.8 Å². The molecular weight excluding hydrogens is 294 g/mol. The van der Waals surface area contributed by atoms with E-state index in [1.807, 2.05) is 0 Å². The zero-order valence-electron chi connectivity index (χ0n) is 5.58. The van der Waals surface area contributed by atoms with Crippen LogP contribution >= 0.6 is 7.60 Å². The molecule has 0 amide bonds. The average molecular weight is 305 g/mol. The summed E-state index contributed by atoms with van der Waals surface area (Å²) in [5, 5.41) is 0. The second kappa shape index (κ2) is 5.10. The van der Waals surface area contributed by atoms with Crippen LogP contribution in [0.4, 0.5) is 0 Å². The molecule has 0 spiro atoms. The molecule has 0 aliphatic rings. The van der Waals surface area contributed by atoms with E-state index >= 15 is 0 Å². The predicted octanol–water partition coefficient (Wildman–Crippen LogP) is 1.23. The number of rotatable bonds is 2. The maximum absolute atomic E-state index is 10.4. The first-order valence-electron chi connectivity index (χ1n) is 2.40. The van der Waals surface area contributed by atoms with E-state index in [0.29, 0.717) is 0 Å². The Labute approximate surface area is 84.9 Å². The second-order valence-electron chi connectivity index (χ2n) is 1.96. The van der Waals surface area contributed by atoms with Gasteiger partial charge in [0, 0.05) is 44.0 Å². The molecule has 0 aliphatic carbocycles. The second-order valence-corrected chi connectivity index (χ2v) is 3.77. The summed E-state index contributed by atoms with van der Waals surface area (Å²) in [5.41, 5.74) is 0. The first kappa shape index (κ1) is 13.0. The first-order chi connectivity index (χ1) is 3.42. The molecule has 0 saturated carbocycles. The van der Waals surface area contributed by atoms with Crippen molar-refractivity contribution in [3.05, 3.63) is 0 Å². The van der Waals surface area contributed by atoms with Crippen molar-refractivity contribution in [2.24, 2.45) is 0 Å². The van der Waals surface area contributed by atoms with Gasteiger partial charge in [-0.2, -0.15) is 0 Å². The summed E-state index contributed by atoms with van der Waals surface area (Å²) < 4.78 is 14.9. The van der Waals surface area contributed by atoms with E-state index in [2.05, 4.69) is 4.52 Å². The summed E-state index contributed by atoms with van der Waals surface area (Å²) in [4.78, 5) is 8.52. The minimum Gasteiger partial charge on any atom is -0.324 e. The molecule has 0 radical (unpaired) electrons. The summed E-state index contributed by atoms with van der Waals surface area (Å²) in [7, 11) is -3.22. The maximum Gasteiger partial charge on any atom is 0.325 e. The molecule has 0 aromatic carbocycles. The van der Waals surface area contributed by atoms with Crippen LogP contribution in [-0.2, 0) is 9.09 Å². The topological polar surface area (TPSA) is 46.5 Å². The Kier molecular flexibility index (Phi) is 7.38. The average Bonchev–Trinajstić information content (AvgIpc) is 1.21. The fourth-order valence-electron chi connectivity index (χ4n) is 0.391. The molecule has 9 heavy (non-hydrogen) atoms. The summed E-state index contributed by atoms with van der Waals surface area (Å²) in [6.07, 6.45) is -0.171. The van der Waals surface area contributed by atoms with Crippen LogP contribution in [0.2, 0.25) is 0 Å². The third-order valence-corrected chi connectivity index (χ3v) is 1.22. The zero-order valence-corrected chi connectivity index (χ0v) is 8.32. The van der Waals surface area contributed by atoms with Crippen LogP contribution < -0.4 is 0 Å². The molecule has 62 valence electrons. The van der Waals surface area contributed by atoms with Gasteiger partial charge in [0.05, 0.1) is 6.10 Å². The van der Waals surface area contributed by atoms with Crippen molar-refractivity contribution in [1.29, 1.82) is 0 Å². The summed E-state index contributed by atoms with van der Waals surface area (Å²) >= 11 is 0. The van der Waals surface area contributed by atoms with E-state index in [-0.39, 0.29) is 43.4 Å². The largest absolute Gasteiger partial charge is 0.325 e. The summed E-state index contributed by atoms with van der Waals surface area (Å²) in [6.45, 7) is 4.60. The standard InChI is InChI=1S/C4H11O3P.Er/c1-4(2)7-8(3,5)6;/h4H,1-3H3,(H,5,6);. The van der Waals surface area contributed by atoms with Crippen molar-refractivity contribution in [2.45, 2.75) is 20.0 Å². The fourth-order valence-corrected chi connectivity index (χ4v) is 1.17. The Balaban J connectivity index is 0. The minimum atomic E-state index is -3.22. The van der Waals surface area contributed by atoms with E-state index in [4.69, 9.17) is 4.89 Å². The van der Waals surface area contributed by atoms with Gasteiger partial charge in [0.1, 0.15) is 0 Å². The van der Waals surface area contributed by atoms with Gasteiger partial charge in [0.2, 0.25) is 0 Å². The predicted molar refractivity (Wildman–Crippen MR) is 32.0 cm³/mol. The van der Waals surface area contributed by atoms with Gasteiger partial charge in [-0.05, 0) is 13.8 Å². The Morgan fingerprint density at radius 2 is 1.89 bits per heavy atom. The van der Waals surface area contributed by atoms with Crippen LogP contribution in [0.5, 0.6) is 0 Å². The van der Waals surface area contributed by atoms with Gasteiger partial charge >= 0.3 is 7.60 Å². The van der Waals surface area contributed by atoms with Gasteiger partial charge in [-0.25, -0.2) is 0 Å². The molecular formula is C4H11ErO3P. The van der Waals surface area contributed by atoms with E-state index < -0.39 is 7.60 Å². The fraction of sp³-hybridized carbons (Fsp3) is 1.00. The van der Waals surface area contributed by atoms with Crippen LogP contribution in [0.1, 0.15) is 13.8 Å². The maximum atomic E-state index is 10.4. The summed E-state index contributed by atoms with van der Waals surface area (Å²) in [6, 6.07) is 0. The van der Waals surface area contributed by atoms with Crippen LogP contribution in [0, 0.1) is 37.3 Å². The molecule has 0 aliphatic heterocycles. The van der Waals surface area contributed by atoms with E-state index in [0.717, 1.165) is 0 Å². The SMILES string of the molecule is CC(C)OP(C)(=O)O.[Er]. The molecule has 0 saturated heterocycles. The smallest absolute Gasteiger partial charge is 0.324 e. The van der Waals surface area contributed by atoms with Gasteiger partial charge in [-0.1, -0.05) is 0 Å². The molecule has 3 nitrogen and oxygen atoms in total. The van der Waals surface area contributed by atoms with Crippen molar-refractivity contribution >= 4 is 7.60 Å². The van der Waals surface area contributed by atoms with Crippen molar-refractivity contribution in [3.63, 3.8) is 0 Å². The third kappa shape index (κ3) is 12.6. The Morgan fingerprint density at radius 3 is 1.89 bits per heavy atom. The van der Waals surface area contributed by atoms with Crippen LogP contribution in [0.15, 0.2) is 0 Å². The molecule has 0 rings (SSSR count). The normalized spacial score (nSPS) is 16.6. The first-order valence-corrected chi connectivity index (χ1v) is 4.43. The number of hydrogen-bond donors (Lipinski definition) is 1. The Bertz CT molecular complexity index is 108. The Hall–Kier alpha value is 1.40. The summed E-state index contributed by atoms with van der Waals surface area (Å²) in [5.74, 6) is 0. The molecule has 1 N–H and O–H groups in total. The quantitative estimate of drug-likeness (QED) is 0.781. The van der Waals surface area contributed by atoms with Gasteiger partial charge in [-0.3, -0.25) is 4.57 Å². The molecule has 0 aromatic rings.